The standard InChI is InChI=1S/C30H32N4O4S/c1-3-37-25-12-8-7-9-21(25)13-16-31-28(35)24-19-39-29(32-24)23-14-17-34(18-15-23)30(36)26-20(2)38-33-27(26)22-10-5-4-6-11-22/h4-12,19,23H,3,13-18H2,1-2H3,(H,31,35). The summed E-state index contributed by atoms with van der Waals surface area (Å²) < 4.78 is 11.1. The molecule has 0 aliphatic carbocycles. The first-order chi connectivity index (χ1) is 19.0. The Bertz CT molecular complexity index is 1420. The minimum Gasteiger partial charge on any atom is -0.494 e. The molecule has 0 spiro atoms. The Morgan fingerprint density at radius 2 is 1.85 bits per heavy atom. The van der Waals surface area contributed by atoms with Crippen LogP contribution in [0.1, 0.15) is 62.9 Å². The highest BCUT2D eigenvalue weighted by atomic mass is 32.1. The van der Waals surface area contributed by atoms with Gasteiger partial charge in [-0.1, -0.05) is 53.7 Å². The van der Waals surface area contributed by atoms with E-state index < -0.39 is 0 Å². The number of para-hydroxylation sites is 1. The van der Waals surface area contributed by atoms with Crippen molar-refractivity contribution in [3.63, 3.8) is 0 Å². The lowest BCUT2D eigenvalue weighted by molar-refractivity contribution is 0.0711. The van der Waals surface area contributed by atoms with Crippen LogP contribution in [0, 0.1) is 6.92 Å². The van der Waals surface area contributed by atoms with E-state index in [1.54, 1.807) is 6.92 Å². The number of hydrogen-bond acceptors (Lipinski definition) is 7. The number of carbonyl (C=O) groups is 2. The van der Waals surface area contributed by atoms with Crippen molar-refractivity contribution in [2.75, 3.05) is 26.2 Å². The molecule has 0 saturated carbocycles. The van der Waals surface area contributed by atoms with Crippen molar-refractivity contribution in [1.29, 1.82) is 0 Å². The van der Waals surface area contributed by atoms with Gasteiger partial charge in [0, 0.05) is 36.5 Å². The number of carbonyl (C=O) groups excluding carboxylic acids is 2. The first kappa shape index (κ1) is 26.6. The second-order valence-corrected chi connectivity index (χ2v) is 10.4. The summed E-state index contributed by atoms with van der Waals surface area (Å²) in [6, 6.07) is 17.5. The van der Waals surface area contributed by atoms with E-state index in [1.165, 1.54) is 11.3 Å². The van der Waals surface area contributed by atoms with Crippen LogP contribution in [-0.4, -0.2) is 53.1 Å². The Morgan fingerprint density at radius 1 is 1.10 bits per heavy atom. The van der Waals surface area contributed by atoms with Gasteiger partial charge in [-0.2, -0.15) is 0 Å². The predicted octanol–water partition coefficient (Wildman–Crippen LogP) is 5.50. The fraction of sp³-hybridized carbons (Fsp3) is 0.333. The zero-order valence-electron chi connectivity index (χ0n) is 22.2. The number of aryl methyl sites for hydroxylation is 1. The molecule has 4 aromatic rings. The number of amides is 2. The number of rotatable bonds is 9. The van der Waals surface area contributed by atoms with Gasteiger partial charge in [0.1, 0.15) is 28.5 Å². The average molecular weight is 545 g/mol. The van der Waals surface area contributed by atoms with Crippen LogP contribution in [0.2, 0.25) is 0 Å². The third-order valence-corrected chi connectivity index (χ3v) is 7.97. The maximum Gasteiger partial charge on any atom is 0.270 e. The summed E-state index contributed by atoms with van der Waals surface area (Å²) in [5.41, 5.74) is 3.48. The summed E-state index contributed by atoms with van der Waals surface area (Å²) in [7, 11) is 0. The lowest BCUT2D eigenvalue weighted by Crippen LogP contribution is -2.38. The number of nitrogens with one attached hydrogen (secondary N) is 1. The van der Waals surface area contributed by atoms with Crippen molar-refractivity contribution in [1.82, 2.24) is 20.4 Å². The summed E-state index contributed by atoms with van der Waals surface area (Å²) in [4.78, 5) is 32.7. The molecule has 1 saturated heterocycles. The van der Waals surface area contributed by atoms with Gasteiger partial charge in [0.25, 0.3) is 11.8 Å². The van der Waals surface area contributed by atoms with Crippen LogP contribution in [0.4, 0.5) is 0 Å². The molecule has 5 rings (SSSR count). The number of ether oxygens (including phenoxy) is 1. The SMILES string of the molecule is CCOc1ccccc1CCNC(=O)c1csc(C2CCN(C(=O)c3c(-c4ccccc4)noc3C)CC2)n1. The van der Waals surface area contributed by atoms with E-state index in [0.717, 1.165) is 34.7 Å². The molecule has 1 aliphatic rings. The molecule has 1 aliphatic heterocycles. The fourth-order valence-corrected chi connectivity index (χ4v) is 5.86. The lowest BCUT2D eigenvalue weighted by atomic mass is 9.96. The number of benzene rings is 2. The number of piperidine rings is 1. The Labute approximate surface area is 232 Å². The van der Waals surface area contributed by atoms with Gasteiger partial charge in [-0.15, -0.1) is 11.3 Å². The maximum atomic E-state index is 13.4. The lowest BCUT2D eigenvalue weighted by Gasteiger charge is -2.31. The van der Waals surface area contributed by atoms with Crippen molar-refractivity contribution < 1.29 is 18.8 Å². The number of thiazole rings is 1. The molecule has 0 unspecified atom stereocenters. The van der Waals surface area contributed by atoms with E-state index >= 15 is 0 Å². The highest BCUT2D eigenvalue weighted by Gasteiger charge is 2.30. The van der Waals surface area contributed by atoms with Crippen LogP contribution in [0.25, 0.3) is 11.3 Å². The molecule has 0 radical (unpaired) electrons. The van der Waals surface area contributed by atoms with Crippen molar-refractivity contribution >= 4 is 23.2 Å². The number of aromatic nitrogens is 2. The molecule has 2 aromatic carbocycles. The molecule has 0 atom stereocenters. The van der Waals surface area contributed by atoms with Gasteiger partial charge in [-0.05, 0) is 44.7 Å². The minimum absolute atomic E-state index is 0.0591. The van der Waals surface area contributed by atoms with Crippen molar-refractivity contribution in [3.05, 3.63) is 87.6 Å². The summed E-state index contributed by atoms with van der Waals surface area (Å²) in [5.74, 6) is 1.37. The van der Waals surface area contributed by atoms with E-state index in [2.05, 4.69) is 15.5 Å². The van der Waals surface area contributed by atoms with Crippen molar-refractivity contribution in [3.8, 4) is 17.0 Å². The van der Waals surface area contributed by atoms with Gasteiger partial charge >= 0.3 is 0 Å². The largest absolute Gasteiger partial charge is 0.494 e. The number of nitrogens with zero attached hydrogens (tertiary/aromatic N) is 3. The van der Waals surface area contributed by atoms with Crippen LogP contribution in [0.5, 0.6) is 5.75 Å². The van der Waals surface area contributed by atoms with Gasteiger partial charge in [0.15, 0.2) is 0 Å². The minimum atomic E-state index is -0.171. The molecular weight excluding hydrogens is 512 g/mol. The monoisotopic (exact) mass is 544 g/mol. The van der Waals surface area contributed by atoms with E-state index in [4.69, 9.17) is 9.26 Å². The van der Waals surface area contributed by atoms with Gasteiger partial charge < -0.3 is 19.5 Å². The molecule has 1 N–H and O–H groups in total. The normalized spacial score (nSPS) is 13.8. The Morgan fingerprint density at radius 3 is 2.62 bits per heavy atom. The Hall–Kier alpha value is -3.98. The van der Waals surface area contributed by atoms with E-state index in [-0.39, 0.29) is 17.7 Å². The highest BCUT2D eigenvalue weighted by molar-refractivity contribution is 7.09. The van der Waals surface area contributed by atoms with Crippen molar-refractivity contribution in [2.24, 2.45) is 0 Å². The second kappa shape index (κ2) is 12.3. The van der Waals surface area contributed by atoms with E-state index in [1.807, 2.05) is 71.8 Å². The van der Waals surface area contributed by atoms with Gasteiger partial charge in [0.2, 0.25) is 0 Å². The topological polar surface area (TPSA) is 97.6 Å². The molecule has 1 fully saturated rings. The molecule has 202 valence electrons. The summed E-state index contributed by atoms with van der Waals surface area (Å²) in [6.45, 7) is 6.07. The van der Waals surface area contributed by atoms with E-state index in [0.29, 0.717) is 55.4 Å². The third-order valence-electron chi connectivity index (χ3n) is 6.96. The second-order valence-electron chi connectivity index (χ2n) is 9.51. The summed E-state index contributed by atoms with van der Waals surface area (Å²) in [6.07, 6.45) is 2.27. The molecule has 2 aromatic heterocycles. The first-order valence-corrected chi connectivity index (χ1v) is 14.2. The smallest absolute Gasteiger partial charge is 0.270 e. The van der Waals surface area contributed by atoms with Crippen molar-refractivity contribution in [2.45, 2.75) is 39.0 Å². The van der Waals surface area contributed by atoms with Crippen LogP contribution in [0.15, 0.2) is 64.5 Å². The molecule has 8 nitrogen and oxygen atoms in total. The van der Waals surface area contributed by atoms with Gasteiger partial charge in [-0.3, -0.25) is 9.59 Å². The zero-order chi connectivity index (χ0) is 27.2. The first-order valence-electron chi connectivity index (χ1n) is 13.3. The Kier molecular flexibility index (Phi) is 8.36. The quantitative estimate of drug-likeness (QED) is 0.299. The molecule has 3 heterocycles. The van der Waals surface area contributed by atoms with Gasteiger partial charge in [-0.25, -0.2) is 4.98 Å². The third kappa shape index (κ3) is 6.04. The molecule has 39 heavy (non-hydrogen) atoms. The van der Waals surface area contributed by atoms with Crippen LogP contribution in [-0.2, 0) is 6.42 Å². The van der Waals surface area contributed by atoms with Crippen LogP contribution < -0.4 is 10.1 Å². The molecule has 2 amide bonds. The number of likely N-dealkylation sites (tertiary alicyclic amines) is 1. The maximum absolute atomic E-state index is 13.4. The summed E-state index contributed by atoms with van der Waals surface area (Å²) in [5, 5.41) is 9.90. The Balaban J connectivity index is 1.15. The van der Waals surface area contributed by atoms with Crippen LogP contribution >= 0.6 is 11.3 Å². The zero-order valence-corrected chi connectivity index (χ0v) is 23.0. The number of hydrogen-bond donors (Lipinski definition) is 1. The highest BCUT2D eigenvalue weighted by Crippen LogP contribution is 2.33. The van der Waals surface area contributed by atoms with Crippen LogP contribution in [0.3, 0.4) is 0 Å². The summed E-state index contributed by atoms with van der Waals surface area (Å²) >= 11 is 1.51. The predicted molar refractivity (Wildman–Crippen MR) is 150 cm³/mol. The average Bonchev–Trinajstić information content (AvgIpc) is 3.62. The van der Waals surface area contributed by atoms with E-state index in [9.17, 15) is 9.59 Å². The van der Waals surface area contributed by atoms with Gasteiger partial charge in [0.05, 0.1) is 11.6 Å². The molecular formula is C30H32N4O4S. The fourth-order valence-electron chi connectivity index (χ4n) is 4.89. The molecule has 9 heteroatoms. The molecule has 0 bridgehead atoms.